The summed E-state index contributed by atoms with van der Waals surface area (Å²) in [5.41, 5.74) is -1.04. The molecule has 0 unspecified atom stereocenters. The van der Waals surface area contributed by atoms with E-state index in [0.29, 0.717) is 35.6 Å². The van der Waals surface area contributed by atoms with Gasteiger partial charge in [0.2, 0.25) is 5.95 Å². The number of hydrogen-bond donors (Lipinski definition) is 3. The van der Waals surface area contributed by atoms with Crippen LogP contribution in [0.1, 0.15) is 25.3 Å². The van der Waals surface area contributed by atoms with Crippen LogP contribution in [0, 0.1) is 5.92 Å². The van der Waals surface area contributed by atoms with E-state index in [1.807, 2.05) is 0 Å². The lowest BCUT2D eigenvalue weighted by molar-refractivity contribution is -0.137. The van der Waals surface area contributed by atoms with Crippen LogP contribution in [0.25, 0.3) is 22.2 Å². The summed E-state index contributed by atoms with van der Waals surface area (Å²) in [7, 11) is -2.64. The van der Waals surface area contributed by atoms with Crippen LogP contribution in [0.5, 0.6) is 0 Å². The minimum absolute atomic E-state index is 0.0942. The summed E-state index contributed by atoms with van der Waals surface area (Å²) in [6, 6.07) is 5.09. The van der Waals surface area contributed by atoms with Gasteiger partial charge in [-0.25, -0.2) is 9.97 Å². The second kappa shape index (κ2) is 7.35. The molecule has 0 spiro atoms. The van der Waals surface area contributed by atoms with Crippen LogP contribution in [-0.2, 0) is 10.7 Å². The SMILES string of the molecule is CC1(O)CC(CNc2ncc(C(F)(F)F)c(-c3c[nH]c4c(P(C)(C)=O)cccc34)n2)C1. The topological polar surface area (TPSA) is 90.9 Å². The van der Waals surface area contributed by atoms with E-state index >= 15 is 0 Å². The zero-order chi connectivity index (χ0) is 22.6. The summed E-state index contributed by atoms with van der Waals surface area (Å²) >= 11 is 0. The zero-order valence-electron chi connectivity index (χ0n) is 17.4. The molecule has 1 aliphatic rings. The number of aromatic nitrogens is 3. The van der Waals surface area contributed by atoms with Crippen molar-refractivity contribution >= 4 is 29.3 Å². The van der Waals surface area contributed by atoms with E-state index in [4.69, 9.17) is 0 Å². The molecule has 0 amide bonds. The fourth-order valence-corrected chi connectivity index (χ4v) is 5.40. The highest BCUT2D eigenvalue weighted by atomic mass is 31.2. The van der Waals surface area contributed by atoms with Crippen molar-refractivity contribution in [1.29, 1.82) is 0 Å². The summed E-state index contributed by atoms with van der Waals surface area (Å²) < 4.78 is 53.8. The molecular weight excluding hydrogens is 428 g/mol. The first-order chi connectivity index (χ1) is 14.4. The lowest BCUT2D eigenvalue weighted by Gasteiger charge is -2.41. The highest BCUT2D eigenvalue weighted by molar-refractivity contribution is 7.70. The molecule has 3 N–H and O–H groups in total. The van der Waals surface area contributed by atoms with E-state index in [2.05, 4.69) is 20.3 Å². The monoisotopic (exact) mass is 452 g/mol. The van der Waals surface area contributed by atoms with Gasteiger partial charge in [0.25, 0.3) is 0 Å². The van der Waals surface area contributed by atoms with Crippen molar-refractivity contribution in [1.82, 2.24) is 15.0 Å². The van der Waals surface area contributed by atoms with Gasteiger partial charge >= 0.3 is 6.18 Å². The van der Waals surface area contributed by atoms with Gasteiger partial charge in [-0.3, -0.25) is 0 Å². The average Bonchev–Trinajstić information content (AvgIpc) is 3.06. The number of benzene rings is 1. The summed E-state index contributed by atoms with van der Waals surface area (Å²) in [5.74, 6) is 0.306. The largest absolute Gasteiger partial charge is 0.419 e. The van der Waals surface area contributed by atoms with E-state index in [0.717, 1.165) is 6.20 Å². The number of H-pyrrole nitrogens is 1. The van der Waals surface area contributed by atoms with Crippen molar-refractivity contribution in [3.8, 4) is 11.3 Å². The summed E-state index contributed by atoms with van der Waals surface area (Å²) in [4.78, 5) is 11.0. The van der Waals surface area contributed by atoms with Gasteiger partial charge in [0.05, 0.1) is 16.8 Å². The van der Waals surface area contributed by atoms with Crippen molar-refractivity contribution in [3.63, 3.8) is 0 Å². The molecule has 0 atom stereocenters. The van der Waals surface area contributed by atoms with Crippen molar-refractivity contribution < 1.29 is 22.8 Å². The zero-order valence-corrected chi connectivity index (χ0v) is 18.3. The molecule has 1 aliphatic carbocycles. The molecule has 0 saturated heterocycles. The van der Waals surface area contributed by atoms with Crippen molar-refractivity contribution in [2.24, 2.45) is 5.92 Å². The van der Waals surface area contributed by atoms with Gasteiger partial charge < -0.3 is 20.0 Å². The van der Waals surface area contributed by atoms with E-state index < -0.39 is 24.5 Å². The summed E-state index contributed by atoms with van der Waals surface area (Å²) in [5, 5.41) is 13.9. The van der Waals surface area contributed by atoms with Crippen LogP contribution >= 0.6 is 7.14 Å². The molecule has 3 aromatic rings. The predicted octanol–water partition coefficient (Wildman–Crippen LogP) is 4.46. The number of nitrogens with zero attached hydrogens (tertiary/aromatic N) is 2. The maximum Gasteiger partial charge on any atom is 0.419 e. The van der Waals surface area contributed by atoms with Gasteiger partial charge in [-0.05, 0) is 45.1 Å². The summed E-state index contributed by atoms with van der Waals surface area (Å²) in [6.45, 7) is 5.46. The lowest BCUT2D eigenvalue weighted by Crippen LogP contribution is -2.43. The Balaban J connectivity index is 1.75. The smallest absolute Gasteiger partial charge is 0.390 e. The van der Waals surface area contributed by atoms with Crippen molar-refractivity contribution in [2.75, 3.05) is 25.2 Å². The molecule has 31 heavy (non-hydrogen) atoms. The molecule has 0 aliphatic heterocycles. The van der Waals surface area contributed by atoms with E-state index in [1.165, 1.54) is 6.20 Å². The Morgan fingerprint density at radius 2 is 2.03 bits per heavy atom. The fourth-order valence-electron chi connectivity index (χ4n) is 4.23. The Hall–Kier alpha value is -2.38. The minimum Gasteiger partial charge on any atom is -0.390 e. The third-order valence-electron chi connectivity index (χ3n) is 5.63. The minimum atomic E-state index is -4.63. The van der Waals surface area contributed by atoms with Gasteiger partial charge in [-0.15, -0.1) is 0 Å². The van der Waals surface area contributed by atoms with Gasteiger partial charge in [-0.2, -0.15) is 13.2 Å². The molecule has 2 aromatic heterocycles. The highest BCUT2D eigenvalue weighted by Gasteiger charge is 2.39. The molecule has 1 aromatic carbocycles. The maximum absolute atomic E-state index is 13.7. The molecule has 1 saturated carbocycles. The fraction of sp³-hybridized carbons (Fsp3) is 0.429. The Labute approximate surface area is 177 Å². The van der Waals surface area contributed by atoms with Crippen LogP contribution in [-0.4, -0.2) is 45.5 Å². The summed E-state index contributed by atoms with van der Waals surface area (Å²) in [6.07, 6.45) is -1.14. The number of aromatic amines is 1. The maximum atomic E-state index is 13.7. The number of fused-ring (bicyclic) bond motifs is 1. The number of aliphatic hydroxyl groups is 1. The second-order valence-corrected chi connectivity index (χ2v) is 12.0. The number of halogens is 3. The number of anilines is 1. The molecular formula is C21H24F3N4O2P. The number of rotatable bonds is 5. The van der Waals surface area contributed by atoms with Gasteiger partial charge in [0.15, 0.2) is 0 Å². The van der Waals surface area contributed by atoms with Gasteiger partial charge in [-0.1, -0.05) is 12.1 Å². The first kappa shape index (κ1) is 21.8. The van der Waals surface area contributed by atoms with E-state index in [-0.39, 0.29) is 23.1 Å². The number of para-hydroxylation sites is 1. The van der Waals surface area contributed by atoms with Gasteiger partial charge in [0, 0.05) is 35.2 Å². The Kier molecular flexibility index (Phi) is 5.17. The van der Waals surface area contributed by atoms with Crippen molar-refractivity contribution in [3.05, 3.63) is 36.2 Å². The molecule has 10 heteroatoms. The van der Waals surface area contributed by atoms with Crippen LogP contribution < -0.4 is 10.6 Å². The first-order valence-corrected chi connectivity index (χ1v) is 12.5. The van der Waals surface area contributed by atoms with E-state index in [1.54, 1.807) is 38.5 Å². The second-order valence-electron chi connectivity index (χ2n) is 8.86. The molecule has 4 rings (SSSR count). The predicted molar refractivity (Wildman–Crippen MR) is 115 cm³/mol. The molecule has 6 nitrogen and oxygen atoms in total. The van der Waals surface area contributed by atoms with Crippen LogP contribution in [0.15, 0.2) is 30.6 Å². The Morgan fingerprint density at radius 1 is 1.32 bits per heavy atom. The number of hydrogen-bond acceptors (Lipinski definition) is 5. The Bertz CT molecular complexity index is 1180. The quantitative estimate of drug-likeness (QED) is 0.497. The normalized spacial score (nSPS) is 21.8. The molecule has 166 valence electrons. The number of nitrogens with one attached hydrogen (secondary N) is 2. The molecule has 0 radical (unpaired) electrons. The average molecular weight is 452 g/mol. The third kappa shape index (κ3) is 4.34. The molecule has 2 heterocycles. The standard InChI is InChI=1S/C21H24F3N4O2P/c1-20(29)7-12(8-20)9-26-19-27-11-15(21(22,23)24)17(28-19)14-10-25-18-13(14)5-4-6-16(18)31(2,3)30/h4-6,10-12,25,29H,7-9H2,1-3H3,(H,26,27,28). The van der Waals surface area contributed by atoms with Crippen LogP contribution in [0.4, 0.5) is 19.1 Å². The van der Waals surface area contributed by atoms with Crippen LogP contribution in [0.2, 0.25) is 0 Å². The van der Waals surface area contributed by atoms with E-state index in [9.17, 15) is 22.8 Å². The van der Waals surface area contributed by atoms with Crippen LogP contribution in [0.3, 0.4) is 0 Å². The molecule has 0 bridgehead atoms. The highest BCUT2D eigenvalue weighted by Crippen LogP contribution is 2.42. The lowest BCUT2D eigenvalue weighted by atomic mass is 9.72. The third-order valence-corrected chi connectivity index (χ3v) is 7.16. The molecule has 1 fully saturated rings. The Morgan fingerprint density at radius 3 is 2.65 bits per heavy atom. The number of alkyl halides is 3. The van der Waals surface area contributed by atoms with Gasteiger partial charge in [0.1, 0.15) is 12.7 Å². The van der Waals surface area contributed by atoms with Crippen molar-refractivity contribution in [2.45, 2.75) is 31.5 Å². The first-order valence-electron chi connectivity index (χ1n) is 9.92.